The van der Waals surface area contributed by atoms with Crippen molar-refractivity contribution in [1.29, 1.82) is 0 Å². The molecule has 2 heteroatoms. The number of hydrogen-bond donors (Lipinski definition) is 1. The first-order valence-corrected chi connectivity index (χ1v) is 6.68. The van der Waals surface area contributed by atoms with E-state index in [9.17, 15) is 0 Å². The van der Waals surface area contributed by atoms with Crippen LogP contribution in [0.25, 0.3) is 0 Å². The summed E-state index contributed by atoms with van der Waals surface area (Å²) in [5.74, 6) is 1.83. The summed E-state index contributed by atoms with van der Waals surface area (Å²) in [6, 6.07) is 1.58. The summed E-state index contributed by atoms with van der Waals surface area (Å²) >= 11 is 0. The molecule has 1 N–H and O–H groups in total. The smallest absolute Gasteiger partial charge is 0.0249 e. The first kappa shape index (κ1) is 11.4. The van der Waals surface area contributed by atoms with E-state index in [1.54, 1.807) is 0 Å². The van der Waals surface area contributed by atoms with E-state index in [0.29, 0.717) is 0 Å². The summed E-state index contributed by atoms with van der Waals surface area (Å²) in [6.07, 6.45) is 4.27. The fourth-order valence-corrected chi connectivity index (χ4v) is 2.94. The Kier molecular flexibility index (Phi) is 3.68. The van der Waals surface area contributed by atoms with Crippen molar-refractivity contribution < 1.29 is 0 Å². The van der Waals surface area contributed by atoms with E-state index in [2.05, 4.69) is 31.0 Å². The van der Waals surface area contributed by atoms with E-state index in [4.69, 9.17) is 0 Å². The van der Waals surface area contributed by atoms with Crippen LogP contribution in [0.15, 0.2) is 0 Å². The molecule has 0 aromatic carbocycles. The van der Waals surface area contributed by atoms with Gasteiger partial charge in [-0.2, -0.15) is 0 Å². The molecule has 1 saturated heterocycles. The second kappa shape index (κ2) is 4.84. The quantitative estimate of drug-likeness (QED) is 0.764. The molecule has 15 heavy (non-hydrogen) atoms. The third-order valence-corrected chi connectivity index (χ3v) is 3.87. The zero-order chi connectivity index (χ0) is 10.8. The lowest BCUT2D eigenvalue weighted by molar-refractivity contribution is 0.114. The molecule has 0 spiro atoms. The van der Waals surface area contributed by atoms with Crippen molar-refractivity contribution in [3.8, 4) is 0 Å². The van der Waals surface area contributed by atoms with Gasteiger partial charge in [0.2, 0.25) is 0 Å². The number of piperazine rings is 1. The second-order valence-corrected chi connectivity index (χ2v) is 5.73. The van der Waals surface area contributed by atoms with Gasteiger partial charge in [0, 0.05) is 25.2 Å². The van der Waals surface area contributed by atoms with Crippen LogP contribution in [0.2, 0.25) is 0 Å². The Morgan fingerprint density at radius 1 is 1.33 bits per heavy atom. The van der Waals surface area contributed by atoms with Crippen LogP contribution in [0.5, 0.6) is 0 Å². The Labute approximate surface area is 94.4 Å². The number of hydrogen-bond acceptors (Lipinski definition) is 2. The van der Waals surface area contributed by atoms with E-state index < -0.39 is 0 Å². The highest BCUT2D eigenvalue weighted by atomic mass is 15.2. The third-order valence-electron chi connectivity index (χ3n) is 3.87. The van der Waals surface area contributed by atoms with Gasteiger partial charge in [0.05, 0.1) is 0 Å². The topological polar surface area (TPSA) is 15.3 Å². The van der Waals surface area contributed by atoms with Crippen LogP contribution >= 0.6 is 0 Å². The predicted molar refractivity (Wildman–Crippen MR) is 65.0 cm³/mol. The van der Waals surface area contributed by atoms with Gasteiger partial charge in [-0.3, -0.25) is 4.90 Å². The van der Waals surface area contributed by atoms with E-state index in [1.165, 1.54) is 38.9 Å². The summed E-state index contributed by atoms with van der Waals surface area (Å²) in [4.78, 5) is 2.71. The van der Waals surface area contributed by atoms with Crippen molar-refractivity contribution in [1.82, 2.24) is 10.2 Å². The molecular weight excluding hydrogens is 184 g/mol. The van der Waals surface area contributed by atoms with Crippen LogP contribution in [0.3, 0.4) is 0 Å². The van der Waals surface area contributed by atoms with Gasteiger partial charge in [-0.25, -0.2) is 0 Å². The van der Waals surface area contributed by atoms with Gasteiger partial charge in [-0.05, 0) is 37.6 Å². The van der Waals surface area contributed by atoms with Gasteiger partial charge in [-0.1, -0.05) is 20.8 Å². The lowest BCUT2D eigenvalue weighted by Crippen LogP contribution is -2.57. The first-order valence-electron chi connectivity index (χ1n) is 6.68. The molecule has 2 rings (SSSR count). The third kappa shape index (κ3) is 2.94. The molecule has 1 aliphatic carbocycles. The monoisotopic (exact) mass is 210 g/mol. The van der Waals surface area contributed by atoms with Crippen LogP contribution in [-0.2, 0) is 0 Å². The molecule has 2 unspecified atom stereocenters. The summed E-state index contributed by atoms with van der Waals surface area (Å²) in [5, 5.41) is 3.74. The molecule has 0 bridgehead atoms. The number of nitrogens with one attached hydrogen (secondary N) is 1. The number of likely N-dealkylation sites (N-methyl/N-ethyl adjacent to an activating group) is 1. The molecule has 0 radical (unpaired) electrons. The van der Waals surface area contributed by atoms with Crippen LogP contribution in [0.4, 0.5) is 0 Å². The minimum Gasteiger partial charge on any atom is -0.311 e. The van der Waals surface area contributed by atoms with Crippen LogP contribution in [0.1, 0.15) is 40.0 Å². The number of nitrogens with zero attached hydrogens (tertiary/aromatic N) is 1. The average molecular weight is 210 g/mol. The molecular formula is C13H26N2. The minimum absolute atomic E-state index is 0.736. The lowest BCUT2D eigenvalue weighted by atomic mass is 9.98. The molecule has 0 amide bonds. The summed E-state index contributed by atoms with van der Waals surface area (Å²) < 4.78 is 0. The summed E-state index contributed by atoms with van der Waals surface area (Å²) in [5.41, 5.74) is 0. The van der Waals surface area contributed by atoms with Gasteiger partial charge in [0.15, 0.2) is 0 Å². The minimum atomic E-state index is 0.736. The van der Waals surface area contributed by atoms with Crippen molar-refractivity contribution in [3.63, 3.8) is 0 Å². The molecule has 1 aliphatic heterocycles. The molecule has 2 fully saturated rings. The fourth-order valence-electron chi connectivity index (χ4n) is 2.94. The molecule has 2 aliphatic rings. The second-order valence-electron chi connectivity index (χ2n) is 5.73. The average Bonchev–Trinajstić information content (AvgIpc) is 3.00. The summed E-state index contributed by atoms with van der Waals surface area (Å²) in [7, 11) is 0. The summed E-state index contributed by atoms with van der Waals surface area (Å²) in [6.45, 7) is 10.7. The van der Waals surface area contributed by atoms with Crippen molar-refractivity contribution in [2.45, 2.75) is 52.1 Å². The maximum atomic E-state index is 3.74. The van der Waals surface area contributed by atoms with Crippen molar-refractivity contribution >= 4 is 0 Å². The van der Waals surface area contributed by atoms with Crippen molar-refractivity contribution in [3.05, 3.63) is 0 Å². The van der Waals surface area contributed by atoms with Gasteiger partial charge in [0.25, 0.3) is 0 Å². The molecule has 1 heterocycles. The van der Waals surface area contributed by atoms with Gasteiger partial charge in [0.1, 0.15) is 0 Å². The molecule has 1 saturated carbocycles. The maximum absolute atomic E-state index is 3.74. The Hall–Kier alpha value is -0.0800. The largest absolute Gasteiger partial charge is 0.311 e. The Morgan fingerprint density at radius 2 is 2.07 bits per heavy atom. The van der Waals surface area contributed by atoms with E-state index >= 15 is 0 Å². The Morgan fingerprint density at radius 3 is 2.60 bits per heavy atom. The van der Waals surface area contributed by atoms with Crippen LogP contribution in [-0.4, -0.2) is 36.6 Å². The van der Waals surface area contributed by atoms with E-state index in [1.807, 2.05) is 0 Å². The molecule has 2 nitrogen and oxygen atoms in total. The van der Waals surface area contributed by atoms with Gasteiger partial charge >= 0.3 is 0 Å². The van der Waals surface area contributed by atoms with Crippen molar-refractivity contribution in [2.75, 3.05) is 19.6 Å². The molecule has 88 valence electrons. The molecule has 0 aromatic rings. The maximum Gasteiger partial charge on any atom is 0.0249 e. The number of rotatable bonds is 4. The van der Waals surface area contributed by atoms with E-state index in [-0.39, 0.29) is 0 Å². The molecule has 2 atom stereocenters. The highest BCUT2D eigenvalue weighted by molar-refractivity contribution is 4.94. The fraction of sp³-hybridized carbons (Fsp3) is 1.00. The standard InChI is InChI=1S/C13H26N2/c1-4-15-9-12(7-10(2)3)14-8-13(15)11-5-6-11/h10-14H,4-9H2,1-3H3. The zero-order valence-electron chi connectivity index (χ0n) is 10.5. The highest BCUT2D eigenvalue weighted by Gasteiger charge is 2.37. The molecule has 0 aromatic heterocycles. The van der Waals surface area contributed by atoms with Crippen LogP contribution in [0, 0.1) is 11.8 Å². The van der Waals surface area contributed by atoms with E-state index in [0.717, 1.165) is 23.9 Å². The normalized spacial score (nSPS) is 33.6. The Balaban J connectivity index is 1.85. The van der Waals surface area contributed by atoms with Gasteiger partial charge in [-0.15, -0.1) is 0 Å². The van der Waals surface area contributed by atoms with Crippen LogP contribution < -0.4 is 5.32 Å². The lowest BCUT2D eigenvalue weighted by Gasteiger charge is -2.40. The van der Waals surface area contributed by atoms with Gasteiger partial charge < -0.3 is 5.32 Å². The first-order chi connectivity index (χ1) is 7.20. The van der Waals surface area contributed by atoms with Crippen molar-refractivity contribution in [2.24, 2.45) is 11.8 Å². The Bertz CT molecular complexity index is 199. The SMILES string of the molecule is CCN1CC(CC(C)C)NCC1C1CC1. The zero-order valence-corrected chi connectivity index (χ0v) is 10.5. The predicted octanol–water partition coefficient (Wildman–Crippen LogP) is 2.10. The highest BCUT2D eigenvalue weighted by Crippen LogP contribution is 2.36.